The highest BCUT2D eigenvalue weighted by atomic mass is 79.9. The number of halogens is 2. The third-order valence-electron chi connectivity index (χ3n) is 4.58. The summed E-state index contributed by atoms with van der Waals surface area (Å²) in [7, 11) is 1.56. The Morgan fingerprint density at radius 3 is 2.57 bits per heavy atom. The second-order valence-electron chi connectivity index (χ2n) is 6.38. The van der Waals surface area contributed by atoms with Gasteiger partial charge in [0.2, 0.25) is 0 Å². The van der Waals surface area contributed by atoms with Gasteiger partial charge in [0.1, 0.15) is 18.1 Å². The second-order valence-corrected chi connectivity index (χ2v) is 7.67. The van der Waals surface area contributed by atoms with Gasteiger partial charge in [0.25, 0.3) is 0 Å². The molecular formula is C21H21BrClNO4. The van der Waals surface area contributed by atoms with E-state index >= 15 is 0 Å². The molecule has 7 heteroatoms. The van der Waals surface area contributed by atoms with Crippen LogP contribution >= 0.6 is 27.5 Å². The van der Waals surface area contributed by atoms with Crippen LogP contribution in [0, 0.1) is 0 Å². The lowest BCUT2D eigenvalue weighted by atomic mass is 10.1. The number of methoxy groups -OCH3 is 1. The number of aryl methyl sites for hydroxylation is 1. The van der Waals surface area contributed by atoms with E-state index in [9.17, 15) is 9.90 Å². The molecule has 0 aliphatic rings. The van der Waals surface area contributed by atoms with Crippen molar-refractivity contribution < 1.29 is 19.4 Å². The monoisotopic (exact) mass is 465 g/mol. The van der Waals surface area contributed by atoms with Crippen molar-refractivity contribution in [3.8, 4) is 11.5 Å². The van der Waals surface area contributed by atoms with Crippen LogP contribution in [0.2, 0.25) is 5.02 Å². The Labute approximate surface area is 176 Å². The molecule has 0 spiro atoms. The number of hydrogen-bond donors (Lipinski definition) is 1. The summed E-state index contributed by atoms with van der Waals surface area (Å²) in [6.45, 7) is 2.95. The normalized spacial score (nSPS) is 11.0. The maximum atomic E-state index is 12.1. The number of aromatic nitrogens is 1. The lowest BCUT2D eigenvalue weighted by Gasteiger charge is -2.13. The average molecular weight is 467 g/mol. The standard InChI is InChI=1S/C21H21BrClNO4/c1-3-4-9-24-17-11-16(22)19(27-2)10-15(17)20(21(25)26)18(24)12-28-14-7-5-13(23)6-8-14/h5-8,10-11H,3-4,9,12H2,1-2H3,(H,25,26). The highest BCUT2D eigenvalue weighted by molar-refractivity contribution is 9.10. The molecular weight excluding hydrogens is 446 g/mol. The van der Waals surface area contributed by atoms with Gasteiger partial charge in [0, 0.05) is 17.0 Å². The molecule has 0 bridgehead atoms. The zero-order valence-corrected chi connectivity index (χ0v) is 18.0. The Balaban J connectivity index is 2.12. The van der Waals surface area contributed by atoms with Crippen LogP contribution in [0.5, 0.6) is 11.5 Å². The zero-order valence-electron chi connectivity index (χ0n) is 15.7. The van der Waals surface area contributed by atoms with Crippen LogP contribution in [0.3, 0.4) is 0 Å². The molecule has 0 aliphatic heterocycles. The predicted octanol–water partition coefficient (Wildman–Crippen LogP) is 6.14. The van der Waals surface area contributed by atoms with Crippen LogP contribution in [0.4, 0.5) is 0 Å². The fraction of sp³-hybridized carbons (Fsp3) is 0.286. The summed E-state index contributed by atoms with van der Waals surface area (Å²) in [5, 5.41) is 11.2. The highest BCUT2D eigenvalue weighted by Crippen LogP contribution is 2.36. The van der Waals surface area contributed by atoms with E-state index in [1.807, 2.05) is 10.6 Å². The van der Waals surface area contributed by atoms with E-state index in [-0.39, 0.29) is 12.2 Å². The molecule has 0 aliphatic carbocycles. The minimum atomic E-state index is -0.987. The number of nitrogens with zero attached hydrogens (tertiary/aromatic N) is 1. The molecule has 5 nitrogen and oxygen atoms in total. The lowest BCUT2D eigenvalue weighted by Crippen LogP contribution is -2.10. The molecule has 148 valence electrons. The Kier molecular flexibility index (Phi) is 6.52. The Morgan fingerprint density at radius 2 is 1.96 bits per heavy atom. The number of carboxylic acids is 1. The summed E-state index contributed by atoms with van der Waals surface area (Å²) in [6.07, 6.45) is 1.93. The number of aromatic carboxylic acids is 1. The number of hydrogen-bond acceptors (Lipinski definition) is 3. The summed E-state index contributed by atoms with van der Waals surface area (Å²) in [5.41, 5.74) is 1.71. The van der Waals surface area contributed by atoms with Crippen LogP contribution in [0.1, 0.15) is 35.8 Å². The number of benzene rings is 2. The fourth-order valence-electron chi connectivity index (χ4n) is 3.20. The average Bonchev–Trinajstić information content (AvgIpc) is 2.97. The van der Waals surface area contributed by atoms with E-state index in [1.165, 1.54) is 0 Å². The molecule has 1 N–H and O–H groups in total. The number of carboxylic acid groups (broad SMARTS) is 1. The van der Waals surface area contributed by atoms with Gasteiger partial charge in [-0.05, 0) is 58.7 Å². The summed E-state index contributed by atoms with van der Waals surface area (Å²) in [5.74, 6) is 0.235. The first kappa shape index (κ1) is 20.6. The van der Waals surface area contributed by atoms with Crippen molar-refractivity contribution in [3.63, 3.8) is 0 Å². The summed E-state index contributed by atoms with van der Waals surface area (Å²) in [4.78, 5) is 12.1. The van der Waals surface area contributed by atoms with Crippen LogP contribution in [0.25, 0.3) is 10.9 Å². The largest absolute Gasteiger partial charge is 0.496 e. The number of carbonyl (C=O) groups is 1. The van der Waals surface area contributed by atoms with E-state index in [2.05, 4.69) is 22.9 Å². The quantitative estimate of drug-likeness (QED) is 0.433. The molecule has 1 aromatic heterocycles. The molecule has 0 saturated heterocycles. The van der Waals surface area contributed by atoms with Crippen LogP contribution < -0.4 is 9.47 Å². The highest BCUT2D eigenvalue weighted by Gasteiger charge is 2.24. The predicted molar refractivity (Wildman–Crippen MR) is 114 cm³/mol. The zero-order chi connectivity index (χ0) is 20.3. The van der Waals surface area contributed by atoms with Crippen molar-refractivity contribution >= 4 is 44.4 Å². The fourth-order valence-corrected chi connectivity index (χ4v) is 3.82. The van der Waals surface area contributed by atoms with Crippen molar-refractivity contribution in [3.05, 3.63) is 57.2 Å². The number of ether oxygens (including phenoxy) is 2. The van der Waals surface area contributed by atoms with Gasteiger partial charge in [-0.1, -0.05) is 24.9 Å². The summed E-state index contributed by atoms with van der Waals surface area (Å²) in [6, 6.07) is 10.7. The molecule has 0 unspecified atom stereocenters. The molecule has 3 rings (SSSR count). The van der Waals surface area contributed by atoms with E-state index in [0.717, 1.165) is 22.8 Å². The minimum absolute atomic E-state index is 0.140. The van der Waals surface area contributed by atoms with Gasteiger partial charge in [-0.3, -0.25) is 0 Å². The van der Waals surface area contributed by atoms with Gasteiger partial charge >= 0.3 is 5.97 Å². The van der Waals surface area contributed by atoms with Gasteiger partial charge in [-0.25, -0.2) is 4.79 Å². The van der Waals surface area contributed by atoms with Crippen LogP contribution in [-0.2, 0) is 13.2 Å². The van der Waals surface area contributed by atoms with E-state index in [4.69, 9.17) is 21.1 Å². The maximum absolute atomic E-state index is 12.1. The second kappa shape index (κ2) is 8.88. The number of rotatable bonds is 8. The van der Waals surface area contributed by atoms with Gasteiger partial charge in [0.05, 0.1) is 28.4 Å². The summed E-state index contributed by atoms with van der Waals surface area (Å²) >= 11 is 9.42. The topological polar surface area (TPSA) is 60.7 Å². The molecule has 0 atom stereocenters. The van der Waals surface area contributed by atoms with E-state index < -0.39 is 5.97 Å². The number of fused-ring (bicyclic) bond motifs is 1. The van der Waals surface area contributed by atoms with E-state index in [0.29, 0.717) is 34.1 Å². The molecule has 3 aromatic rings. The van der Waals surface area contributed by atoms with Gasteiger partial charge in [0.15, 0.2) is 0 Å². The van der Waals surface area contributed by atoms with Crippen LogP contribution in [-0.4, -0.2) is 22.8 Å². The Hall–Kier alpha value is -2.18. The molecule has 28 heavy (non-hydrogen) atoms. The smallest absolute Gasteiger partial charge is 0.338 e. The van der Waals surface area contributed by atoms with Crippen molar-refractivity contribution in [1.82, 2.24) is 4.57 Å². The third kappa shape index (κ3) is 4.13. The van der Waals surface area contributed by atoms with Crippen molar-refractivity contribution in [2.24, 2.45) is 0 Å². The van der Waals surface area contributed by atoms with Gasteiger partial charge in [-0.15, -0.1) is 0 Å². The maximum Gasteiger partial charge on any atom is 0.338 e. The van der Waals surface area contributed by atoms with Crippen molar-refractivity contribution in [1.29, 1.82) is 0 Å². The lowest BCUT2D eigenvalue weighted by molar-refractivity contribution is 0.0695. The minimum Gasteiger partial charge on any atom is -0.496 e. The van der Waals surface area contributed by atoms with E-state index in [1.54, 1.807) is 37.4 Å². The van der Waals surface area contributed by atoms with Crippen molar-refractivity contribution in [2.75, 3.05) is 7.11 Å². The van der Waals surface area contributed by atoms with Crippen molar-refractivity contribution in [2.45, 2.75) is 32.9 Å². The first-order valence-electron chi connectivity index (χ1n) is 8.96. The Morgan fingerprint density at radius 1 is 1.25 bits per heavy atom. The number of unbranched alkanes of at least 4 members (excludes halogenated alkanes) is 1. The summed E-state index contributed by atoms with van der Waals surface area (Å²) < 4.78 is 14.1. The molecule has 0 amide bonds. The molecule has 0 radical (unpaired) electrons. The van der Waals surface area contributed by atoms with Gasteiger partial charge in [-0.2, -0.15) is 0 Å². The molecule has 0 fully saturated rings. The Bertz CT molecular complexity index is 998. The van der Waals surface area contributed by atoms with Gasteiger partial charge < -0.3 is 19.1 Å². The SMILES string of the molecule is CCCCn1c(COc2ccc(Cl)cc2)c(C(=O)O)c2cc(OC)c(Br)cc21. The molecule has 1 heterocycles. The third-order valence-corrected chi connectivity index (χ3v) is 5.45. The first-order chi connectivity index (χ1) is 13.5. The van der Waals surface area contributed by atoms with Crippen LogP contribution in [0.15, 0.2) is 40.9 Å². The first-order valence-corrected chi connectivity index (χ1v) is 10.1. The molecule has 0 saturated carbocycles. The molecule has 2 aromatic carbocycles.